The van der Waals surface area contributed by atoms with Crippen LogP contribution in [0, 0.1) is 0 Å². The molecule has 1 heterocycles. The van der Waals surface area contributed by atoms with Crippen molar-refractivity contribution >= 4 is 5.97 Å². The predicted molar refractivity (Wildman–Crippen MR) is 164 cm³/mol. The van der Waals surface area contributed by atoms with Crippen LogP contribution in [0.25, 0.3) is 11.1 Å². The van der Waals surface area contributed by atoms with E-state index < -0.39 is 5.97 Å². The Bertz CT molecular complexity index is 1190. The minimum atomic E-state index is -0.471. The van der Waals surface area contributed by atoms with Gasteiger partial charge in [-0.2, -0.15) is 0 Å². The Morgan fingerprint density at radius 2 is 1.17 bits per heavy atom. The largest absolute Gasteiger partial charge is 0.487 e. The normalized spacial score (nSPS) is 14.9. The lowest BCUT2D eigenvalue weighted by Gasteiger charge is -2.14. The predicted octanol–water partition coefficient (Wildman–Crippen LogP) is 7.30. The highest BCUT2D eigenvalue weighted by Crippen LogP contribution is 2.30. The van der Waals surface area contributed by atoms with E-state index in [1.165, 1.54) is 44.1 Å². The van der Waals surface area contributed by atoms with E-state index in [4.69, 9.17) is 28.4 Å². The summed E-state index contributed by atoms with van der Waals surface area (Å²) in [6, 6.07) is 21.4. The summed E-state index contributed by atoms with van der Waals surface area (Å²) in [5, 5.41) is 0. The van der Waals surface area contributed by atoms with Crippen LogP contribution in [0.4, 0.5) is 0 Å². The van der Waals surface area contributed by atoms with E-state index in [-0.39, 0.29) is 0 Å². The average Bonchev–Trinajstić information content (AvgIpc) is 3.03. The van der Waals surface area contributed by atoms with Crippen molar-refractivity contribution in [2.75, 3.05) is 52.9 Å². The number of hydrogen-bond acceptors (Lipinski definition) is 7. The number of esters is 1. The standard InChI is InChI=1S/C35H44O7/c1-2-3-4-5-6-7-8-28-9-11-29(12-10-28)30-13-16-32(17-14-30)42-35(36)31-15-18-33-34(27-31)41-26-24-39-22-20-37-19-21-38-23-25-40-33/h9-18,27H,2-8,19-26H2,1H3. The van der Waals surface area contributed by atoms with Gasteiger partial charge in [-0.15, -0.1) is 0 Å². The molecule has 4 rings (SSSR count). The van der Waals surface area contributed by atoms with Crippen molar-refractivity contribution < 1.29 is 33.2 Å². The van der Waals surface area contributed by atoms with Crippen LogP contribution in [-0.2, 0) is 20.6 Å². The van der Waals surface area contributed by atoms with Crippen LogP contribution >= 0.6 is 0 Å². The first-order valence-corrected chi connectivity index (χ1v) is 15.3. The SMILES string of the molecule is CCCCCCCCc1ccc(-c2ccc(OC(=O)c3ccc4c(c3)OCCOCCOCCOCCO4)cc2)cc1. The van der Waals surface area contributed by atoms with Crippen LogP contribution < -0.4 is 14.2 Å². The van der Waals surface area contributed by atoms with Gasteiger partial charge in [0.15, 0.2) is 11.5 Å². The number of carbonyl (C=O) groups is 1. The molecule has 0 amide bonds. The maximum atomic E-state index is 13.0. The fourth-order valence-corrected chi connectivity index (χ4v) is 4.68. The van der Waals surface area contributed by atoms with Crippen molar-refractivity contribution in [1.29, 1.82) is 0 Å². The highest BCUT2D eigenvalue weighted by molar-refractivity contribution is 5.92. The topological polar surface area (TPSA) is 72.5 Å². The minimum Gasteiger partial charge on any atom is -0.487 e. The van der Waals surface area contributed by atoms with Crippen LogP contribution in [0.2, 0.25) is 0 Å². The van der Waals surface area contributed by atoms with Gasteiger partial charge in [-0.1, -0.05) is 75.4 Å². The van der Waals surface area contributed by atoms with Gasteiger partial charge in [-0.3, -0.25) is 0 Å². The molecule has 1 aliphatic heterocycles. The number of hydrogen-bond donors (Lipinski definition) is 0. The Balaban J connectivity index is 1.31. The molecule has 3 aromatic carbocycles. The molecule has 0 spiro atoms. The zero-order valence-corrected chi connectivity index (χ0v) is 24.8. The quantitative estimate of drug-likeness (QED) is 0.142. The highest BCUT2D eigenvalue weighted by Gasteiger charge is 2.15. The molecule has 42 heavy (non-hydrogen) atoms. The number of carbonyl (C=O) groups excluding carboxylic acids is 1. The van der Waals surface area contributed by atoms with Crippen molar-refractivity contribution in [3.05, 3.63) is 77.9 Å². The summed E-state index contributed by atoms with van der Waals surface area (Å²) in [6.07, 6.45) is 8.98. The first kappa shape index (κ1) is 31.5. The maximum Gasteiger partial charge on any atom is 0.343 e. The van der Waals surface area contributed by atoms with Crippen LogP contribution in [-0.4, -0.2) is 58.8 Å². The van der Waals surface area contributed by atoms with Gasteiger partial charge in [0.05, 0.1) is 45.2 Å². The molecular weight excluding hydrogens is 532 g/mol. The molecule has 0 saturated heterocycles. The van der Waals surface area contributed by atoms with Crippen LogP contribution in [0.1, 0.15) is 61.4 Å². The van der Waals surface area contributed by atoms with Gasteiger partial charge in [0.1, 0.15) is 19.0 Å². The fourth-order valence-electron chi connectivity index (χ4n) is 4.68. The third-order valence-electron chi connectivity index (χ3n) is 7.07. The summed E-state index contributed by atoms with van der Waals surface area (Å²) in [6.45, 7) is 5.70. The highest BCUT2D eigenvalue weighted by atomic mass is 16.6. The van der Waals surface area contributed by atoms with E-state index in [0.29, 0.717) is 75.7 Å². The van der Waals surface area contributed by atoms with E-state index in [0.717, 1.165) is 17.5 Å². The van der Waals surface area contributed by atoms with Gasteiger partial charge in [-0.05, 0) is 59.9 Å². The molecule has 0 fully saturated rings. The van der Waals surface area contributed by atoms with E-state index in [1.54, 1.807) is 18.2 Å². The first-order chi connectivity index (χ1) is 20.7. The average molecular weight is 577 g/mol. The molecule has 7 nitrogen and oxygen atoms in total. The molecule has 0 unspecified atom stereocenters. The van der Waals surface area contributed by atoms with Crippen LogP contribution in [0.15, 0.2) is 66.7 Å². The summed E-state index contributed by atoms with van der Waals surface area (Å²) in [7, 11) is 0. The van der Waals surface area contributed by atoms with Crippen molar-refractivity contribution in [1.82, 2.24) is 0 Å². The Morgan fingerprint density at radius 3 is 1.81 bits per heavy atom. The molecule has 1 aliphatic rings. The van der Waals surface area contributed by atoms with E-state index >= 15 is 0 Å². The van der Waals surface area contributed by atoms with Gasteiger partial charge in [0, 0.05) is 0 Å². The summed E-state index contributed by atoms with van der Waals surface area (Å²) in [5.41, 5.74) is 3.96. The van der Waals surface area contributed by atoms with Crippen molar-refractivity contribution in [3.63, 3.8) is 0 Å². The fraction of sp³-hybridized carbons (Fsp3) is 0.457. The molecule has 0 aromatic heterocycles. The second kappa shape index (κ2) is 18.2. The van der Waals surface area contributed by atoms with Gasteiger partial charge in [0.25, 0.3) is 0 Å². The smallest absolute Gasteiger partial charge is 0.343 e. The van der Waals surface area contributed by atoms with Crippen molar-refractivity contribution in [2.45, 2.75) is 51.9 Å². The van der Waals surface area contributed by atoms with Gasteiger partial charge < -0.3 is 28.4 Å². The number of fused-ring (bicyclic) bond motifs is 1. The lowest BCUT2D eigenvalue weighted by atomic mass is 10.0. The van der Waals surface area contributed by atoms with Crippen LogP contribution in [0.5, 0.6) is 17.2 Å². The number of rotatable bonds is 10. The molecule has 3 aromatic rings. The zero-order valence-electron chi connectivity index (χ0n) is 24.8. The Morgan fingerprint density at radius 1 is 0.619 bits per heavy atom. The molecule has 0 bridgehead atoms. The molecule has 0 N–H and O–H groups in total. The summed E-state index contributed by atoms with van der Waals surface area (Å²) < 4.78 is 33.9. The lowest BCUT2D eigenvalue weighted by Crippen LogP contribution is -2.13. The zero-order chi connectivity index (χ0) is 29.2. The molecule has 0 saturated carbocycles. The Hall–Kier alpha value is -3.39. The Labute approximate surface area is 250 Å². The summed E-state index contributed by atoms with van der Waals surface area (Å²) in [5.74, 6) is 0.989. The molecule has 0 atom stereocenters. The molecular formula is C35H44O7. The second-order valence-corrected chi connectivity index (χ2v) is 10.3. The van der Waals surface area contributed by atoms with Gasteiger partial charge >= 0.3 is 5.97 Å². The maximum absolute atomic E-state index is 13.0. The minimum absolute atomic E-state index is 0.312. The molecule has 226 valence electrons. The third-order valence-corrected chi connectivity index (χ3v) is 7.07. The van der Waals surface area contributed by atoms with Crippen molar-refractivity contribution in [3.8, 4) is 28.4 Å². The molecule has 7 heteroatoms. The molecule has 0 aliphatic carbocycles. The number of benzene rings is 3. The first-order valence-electron chi connectivity index (χ1n) is 15.3. The van der Waals surface area contributed by atoms with Gasteiger partial charge in [0.2, 0.25) is 0 Å². The van der Waals surface area contributed by atoms with Gasteiger partial charge in [-0.25, -0.2) is 4.79 Å². The second-order valence-electron chi connectivity index (χ2n) is 10.3. The van der Waals surface area contributed by atoms with E-state index in [1.807, 2.05) is 24.3 Å². The Kier molecular flexibility index (Phi) is 13.7. The lowest BCUT2D eigenvalue weighted by molar-refractivity contribution is 0.00708. The van der Waals surface area contributed by atoms with Crippen LogP contribution in [0.3, 0.4) is 0 Å². The summed E-state index contributed by atoms with van der Waals surface area (Å²) >= 11 is 0. The number of ether oxygens (including phenoxy) is 6. The number of aryl methyl sites for hydroxylation is 1. The number of unbranched alkanes of at least 4 members (excludes halogenated alkanes) is 5. The van der Waals surface area contributed by atoms with E-state index in [2.05, 4.69) is 31.2 Å². The molecule has 0 radical (unpaired) electrons. The van der Waals surface area contributed by atoms with E-state index in [9.17, 15) is 4.79 Å². The van der Waals surface area contributed by atoms with Crippen molar-refractivity contribution in [2.24, 2.45) is 0 Å². The summed E-state index contributed by atoms with van der Waals surface area (Å²) in [4.78, 5) is 13.0. The third kappa shape index (κ3) is 10.8. The monoisotopic (exact) mass is 576 g/mol.